The average molecular weight is 341 g/mol. The van der Waals surface area contributed by atoms with E-state index in [1.54, 1.807) is 0 Å². The smallest absolute Gasteiger partial charge is 0.489 e. The van der Waals surface area contributed by atoms with Gasteiger partial charge in [-0.25, -0.2) is 0 Å². The molecule has 1 aliphatic carbocycles. The molecule has 25 heavy (non-hydrogen) atoms. The van der Waals surface area contributed by atoms with Crippen LogP contribution in [0, 0.1) is 16.7 Å². The zero-order chi connectivity index (χ0) is 17.9. The summed E-state index contributed by atoms with van der Waals surface area (Å²) in [4.78, 5) is 0. The SMILES string of the molecule is CC1(C)OB(c2ccc(OC3CC4(COC4)C3)c(C#N)c2)OC1(C)C. The van der Waals surface area contributed by atoms with Crippen molar-refractivity contribution in [1.82, 2.24) is 0 Å². The fraction of sp³-hybridized carbons (Fsp3) is 0.632. The van der Waals surface area contributed by atoms with Crippen molar-refractivity contribution in [3.63, 3.8) is 0 Å². The lowest BCUT2D eigenvalue weighted by Crippen LogP contribution is -2.56. The van der Waals surface area contributed by atoms with Gasteiger partial charge in [-0.1, -0.05) is 6.07 Å². The van der Waals surface area contributed by atoms with Crippen LogP contribution in [0.3, 0.4) is 0 Å². The minimum atomic E-state index is -0.467. The van der Waals surface area contributed by atoms with Crippen molar-refractivity contribution in [3.05, 3.63) is 23.8 Å². The molecule has 0 amide bonds. The molecule has 0 bridgehead atoms. The van der Waals surface area contributed by atoms with E-state index in [4.69, 9.17) is 18.8 Å². The highest BCUT2D eigenvalue weighted by molar-refractivity contribution is 6.62. The Hall–Kier alpha value is -1.55. The molecule has 5 nitrogen and oxygen atoms in total. The van der Waals surface area contributed by atoms with Gasteiger partial charge in [-0.3, -0.25) is 0 Å². The lowest BCUT2D eigenvalue weighted by molar-refractivity contribution is -0.191. The fourth-order valence-corrected chi connectivity index (χ4v) is 3.66. The molecule has 132 valence electrons. The Bertz CT molecular complexity index is 711. The highest BCUT2D eigenvalue weighted by atomic mass is 16.7. The van der Waals surface area contributed by atoms with Crippen LogP contribution in [0.15, 0.2) is 18.2 Å². The molecule has 1 aromatic rings. The first-order chi connectivity index (χ1) is 11.7. The molecule has 3 aliphatic rings. The molecule has 2 aliphatic heterocycles. The minimum Gasteiger partial charge on any atom is -0.489 e. The van der Waals surface area contributed by atoms with E-state index < -0.39 is 18.3 Å². The number of nitriles is 1. The monoisotopic (exact) mass is 341 g/mol. The van der Waals surface area contributed by atoms with Gasteiger partial charge in [0.2, 0.25) is 0 Å². The summed E-state index contributed by atoms with van der Waals surface area (Å²) in [5, 5.41) is 9.52. The van der Waals surface area contributed by atoms with Crippen molar-refractivity contribution in [2.45, 2.75) is 57.8 Å². The number of ether oxygens (including phenoxy) is 2. The molecule has 4 rings (SSSR count). The molecule has 1 aromatic carbocycles. The highest BCUT2D eigenvalue weighted by Crippen LogP contribution is 2.48. The van der Waals surface area contributed by atoms with Crippen molar-refractivity contribution in [2.75, 3.05) is 13.2 Å². The molecule has 3 fully saturated rings. The summed E-state index contributed by atoms with van der Waals surface area (Å²) < 4.78 is 23.5. The van der Waals surface area contributed by atoms with Gasteiger partial charge in [0.05, 0.1) is 30.0 Å². The number of nitrogens with zero attached hydrogens (tertiary/aromatic N) is 1. The maximum absolute atomic E-state index is 9.52. The quantitative estimate of drug-likeness (QED) is 0.790. The van der Waals surface area contributed by atoms with Gasteiger partial charge >= 0.3 is 7.12 Å². The molecule has 6 heteroatoms. The van der Waals surface area contributed by atoms with E-state index >= 15 is 0 Å². The van der Waals surface area contributed by atoms with E-state index in [0.717, 1.165) is 31.5 Å². The Balaban J connectivity index is 1.48. The second-order valence-corrected chi connectivity index (χ2v) is 8.60. The van der Waals surface area contributed by atoms with Crippen molar-refractivity contribution < 1.29 is 18.8 Å². The number of rotatable bonds is 3. The lowest BCUT2D eigenvalue weighted by Gasteiger charge is -2.52. The van der Waals surface area contributed by atoms with Crippen LogP contribution in [-0.2, 0) is 14.0 Å². The molecule has 0 unspecified atom stereocenters. The molecule has 1 saturated carbocycles. The Morgan fingerprint density at radius 3 is 2.28 bits per heavy atom. The summed E-state index contributed by atoms with van der Waals surface area (Å²) in [6.07, 6.45) is 2.20. The molecule has 0 radical (unpaired) electrons. The van der Waals surface area contributed by atoms with Gasteiger partial charge in [0.15, 0.2) is 0 Å². The summed E-state index contributed by atoms with van der Waals surface area (Å²) in [6, 6.07) is 7.85. The van der Waals surface area contributed by atoms with Gasteiger partial charge in [-0.05, 0) is 58.1 Å². The third kappa shape index (κ3) is 2.75. The Kier molecular flexibility index (Phi) is 3.70. The second kappa shape index (κ2) is 5.47. The number of hydrogen-bond acceptors (Lipinski definition) is 5. The molecule has 0 aromatic heterocycles. The molecule has 1 spiro atoms. The van der Waals surface area contributed by atoms with Crippen molar-refractivity contribution in [1.29, 1.82) is 5.26 Å². The van der Waals surface area contributed by atoms with Gasteiger partial charge < -0.3 is 18.8 Å². The fourth-order valence-electron chi connectivity index (χ4n) is 3.66. The Labute approximate surface area is 149 Å². The van der Waals surface area contributed by atoms with E-state index in [0.29, 0.717) is 16.7 Å². The van der Waals surface area contributed by atoms with Crippen LogP contribution in [0.4, 0.5) is 0 Å². The first-order valence-electron chi connectivity index (χ1n) is 8.88. The van der Waals surface area contributed by atoms with Crippen LogP contribution >= 0.6 is 0 Å². The third-order valence-corrected chi connectivity index (χ3v) is 6.08. The lowest BCUT2D eigenvalue weighted by atomic mass is 9.65. The van der Waals surface area contributed by atoms with Crippen LogP contribution in [-0.4, -0.2) is 37.6 Å². The van der Waals surface area contributed by atoms with Crippen LogP contribution < -0.4 is 10.2 Å². The summed E-state index contributed by atoms with van der Waals surface area (Å²) in [6.45, 7) is 9.77. The van der Waals surface area contributed by atoms with Crippen LogP contribution in [0.5, 0.6) is 5.75 Å². The maximum atomic E-state index is 9.52. The molecule has 2 saturated heterocycles. The summed E-state index contributed by atoms with van der Waals surface area (Å²) in [5.41, 5.74) is 0.924. The minimum absolute atomic E-state index is 0.179. The normalized spacial score (nSPS) is 26.0. The van der Waals surface area contributed by atoms with Gasteiger partial charge in [0.25, 0.3) is 0 Å². The third-order valence-electron chi connectivity index (χ3n) is 6.08. The number of hydrogen-bond donors (Lipinski definition) is 0. The van der Waals surface area contributed by atoms with Crippen molar-refractivity contribution in [2.24, 2.45) is 5.41 Å². The standard InChI is InChI=1S/C19H24BNO4/c1-17(2)18(3,4)25-20(24-17)14-5-6-16(13(7-14)10-21)23-15-8-19(9-15)11-22-12-19/h5-7,15H,8-9,11-12H2,1-4H3. The molecular weight excluding hydrogens is 317 g/mol. The van der Waals surface area contributed by atoms with E-state index in [9.17, 15) is 5.26 Å². The van der Waals surface area contributed by atoms with E-state index in [1.165, 1.54) is 0 Å². The molecular formula is C19H24BNO4. The Morgan fingerprint density at radius 2 is 1.76 bits per heavy atom. The van der Waals surface area contributed by atoms with Crippen LogP contribution in [0.2, 0.25) is 0 Å². The van der Waals surface area contributed by atoms with Gasteiger partial charge in [-0.15, -0.1) is 0 Å². The van der Waals surface area contributed by atoms with Crippen molar-refractivity contribution in [3.8, 4) is 11.8 Å². The van der Waals surface area contributed by atoms with Gasteiger partial charge in [0.1, 0.15) is 17.9 Å². The largest absolute Gasteiger partial charge is 0.494 e. The topological polar surface area (TPSA) is 60.7 Å². The summed E-state index contributed by atoms with van der Waals surface area (Å²) >= 11 is 0. The summed E-state index contributed by atoms with van der Waals surface area (Å²) in [7, 11) is -0.467. The molecule has 2 heterocycles. The Morgan fingerprint density at radius 1 is 1.12 bits per heavy atom. The van der Waals surface area contributed by atoms with Crippen LogP contribution in [0.25, 0.3) is 0 Å². The van der Waals surface area contributed by atoms with Gasteiger partial charge in [-0.2, -0.15) is 5.26 Å². The zero-order valence-electron chi connectivity index (χ0n) is 15.3. The van der Waals surface area contributed by atoms with Crippen LogP contribution in [0.1, 0.15) is 46.1 Å². The first kappa shape index (κ1) is 16.9. The number of benzene rings is 1. The van der Waals surface area contributed by atoms with Gasteiger partial charge in [0, 0.05) is 5.41 Å². The van der Waals surface area contributed by atoms with E-state index in [2.05, 4.69) is 6.07 Å². The average Bonchev–Trinajstić information content (AvgIpc) is 2.69. The highest BCUT2D eigenvalue weighted by Gasteiger charge is 2.52. The van der Waals surface area contributed by atoms with E-state index in [-0.39, 0.29) is 6.10 Å². The second-order valence-electron chi connectivity index (χ2n) is 8.60. The first-order valence-corrected chi connectivity index (χ1v) is 8.88. The predicted molar refractivity (Wildman–Crippen MR) is 93.8 cm³/mol. The maximum Gasteiger partial charge on any atom is 0.494 e. The molecule has 0 N–H and O–H groups in total. The molecule has 0 atom stereocenters. The van der Waals surface area contributed by atoms with Crippen molar-refractivity contribution >= 4 is 12.6 Å². The summed E-state index contributed by atoms with van der Waals surface area (Å²) in [5.74, 6) is 0.642. The van der Waals surface area contributed by atoms with E-state index in [1.807, 2.05) is 45.9 Å². The zero-order valence-corrected chi connectivity index (χ0v) is 15.3. The predicted octanol–water partition coefficient (Wildman–Crippen LogP) is 2.42.